The number of thiol groups is 1. The highest BCUT2D eigenvalue weighted by molar-refractivity contribution is 7.80. The van der Waals surface area contributed by atoms with E-state index in [0.717, 1.165) is 11.7 Å². The molecule has 0 aromatic rings. The standard InChI is InChI=1S/C7H15NS/c1-7-2-3-8(6-7)4-5-9/h7,9H,2-6H2,1H3. The van der Waals surface area contributed by atoms with Crippen molar-refractivity contribution in [3.8, 4) is 0 Å². The maximum Gasteiger partial charge on any atom is 0.00699 e. The van der Waals surface area contributed by atoms with Crippen LogP contribution in [0.25, 0.3) is 0 Å². The lowest BCUT2D eigenvalue weighted by Crippen LogP contribution is -2.22. The Morgan fingerprint density at radius 2 is 2.44 bits per heavy atom. The molecule has 1 atom stereocenters. The van der Waals surface area contributed by atoms with Gasteiger partial charge in [0.15, 0.2) is 0 Å². The average molecular weight is 145 g/mol. The minimum Gasteiger partial charge on any atom is -0.302 e. The average Bonchev–Trinajstić information content (AvgIpc) is 2.17. The number of nitrogens with zero attached hydrogens (tertiary/aromatic N) is 1. The highest BCUT2D eigenvalue weighted by Crippen LogP contribution is 2.13. The Bertz CT molecular complexity index is 83.0. The van der Waals surface area contributed by atoms with Crippen LogP contribution < -0.4 is 0 Å². The molecule has 0 aromatic carbocycles. The molecule has 1 unspecified atom stereocenters. The smallest absolute Gasteiger partial charge is 0.00699 e. The molecule has 1 fully saturated rings. The van der Waals surface area contributed by atoms with Crippen molar-refractivity contribution in [3.63, 3.8) is 0 Å². The summed E-state index contributed by atoms with van der Waals surface area (Å²) < 4.78 is 0. The molecule has 0 saturated carbocycles. The Kier molecular flexibility index (Phi) is 2.86. The van der Waals surface area contributed by atoms with Gasteiger partial charge < -0.3 is 4.90 Å². The predicted octanol–water partition coefficient (Wildman–Crippen LogP) is 1.26. The molecule has 0 amide bonds. The summed E-state index contributed by atoms with van der Waals surface area (Å²) in [6, 6.07) is 0. The fraction of sp³-hybridized carbons (Fsp3) is 1.00. The number of rotatable bonds is 2. The van der Waals surface area contributed by atoms with Crippen LogP contribution in [0, 0.1) is 5.92 Å². The third kappa shape index (κ3) is 2.18. The molecule has 1 aliphatic heterocycles. The van der Waals surface area contributed by atoms with E-state index in [4.69, 9.17) is 0 Å². The van der Waals surface area contributed by atoms with Gasteiger partial charge in [-0.1, -0.05) is 6.92 Å². The summed E-state index contributed by atoms with van der Waals surface area (Å²) in [5, 5.41) is 0. The molecule has 0 aromatic heterocycles. The Labute approximate surface area is 62.8 Å². The lowest BCUT2D eigenvalue weighted by Gasteiger charge is -2.12. The van der Waals surface area contributed by atoms with E-state index in [-0.39, 0.29) is 0 Å². The first-order chi connectivity index (χ1) is 4.33. The van der Waals surface area contributed by atoms with E-state index in [0.29, 0.717) is 0 Å². The Hall–Kier alpha value is 0.310. The first kappa shape index (κ1) is 7.42. The molecule has 1 heterocycles. The minimum absolute atomic E-state index is 0.921. The van der Waals surface area contributed by atoms with Gasteiger partial charge in [0.05, 0.1) is 0 Å². The molecular formula is C7H15NS. The van der Waals surface area contributed by atoms with Gasteiger partial charge in [0.25, 0.3) is 0 Å². The van der Waals surface area contributed by atoms with Crippen molar-refractivity contribution in [2.75, 3.05) is 25.4 Å². The molecule has 0 spiro atoms. The van der Waals surface area contributed by atoms with Crippen LogP contribution in [-0.4, -0.2) is 30.3 Å². The Morgan fingerprint density at radius 1 is 1.67 bits per heavy atom. The van der Waals surface area contributed by atoms with E-state index < -0.39 is 0 Å². The fourth-order valence-electron chi connectivity index (χ4n) is 1.37. The maximum atomic E-state index is 4.18. The van der Waals surface area contributed by atoms with Crippen molar-refractivity contribution in [2.24, 2.45) is 5.92 Å². The monoisotopic (exact) mass is 145 g/mol. The van der Waals surface area contributed by atoms with Crippen LogP contribution >= 0.6 is 12.6 Å². The van der Waals surface area contributed by atoms with E-state index in [2.05, 4.69) is 24.5 Å². The zero-order valence-corrected chi connectivity index (χ0v) is 6.90. The van der Waals surface area contributed by atoms with Gasteiger partial charge in [-0.05, 0) is 18.9 Å². The summed E-state index contributed by atoms with van der Waals surface area (Å²) in [6.07, 6.45) is 1.38. The molecular weight excluding hydrogens is 130 g/mol. The van der Waals surface area contributed by atoms with Crippen LogP contribution in [0.5, 0.6) is 0 Å². The van der Waals surface area contributed by atoms with Gasteiger partial charge in [0, 0.05) is 18.8 Å². The molecule has 0 aliphatic carbocycles. The summed E-state index contributed by atoms with van der Waals surface area (Å²) >= 11 is 4.18. The molecule has 9 heavy (non-hydrogen) atoms. The second kappa shape index (κ2) is 3.47. The van der Waals surface area contributed by atoms with Crippen LogP contribution in [0.2, 0.25) is 0 Å². The first-order valence-electron chi connectivity index (χ1n) is 3.66. The highest BCUT2D eigenvalue weighted by Gasteiger charge is 2.16. The maximum absolute atomic E-state index is 4.18. The van der Waals surface area contributed by atoms with Crippen molar-refractivity contribution in [1.29, 1.82) is 0 Å². The molecule has 1 aliphatic rings. The second-order valence-electron chi connectivity index (χ2n) is 2.92. The SMILES string of the molecule is CC1CCN(CCS)C1. The van der Waals surface area contributed by atoms with E-state index >= 15 is 0 Å². The van der Waals surface area contributed by atoms with E-state index in [1.807, 2.05) is 0 Å². The lowest BCUT2D eigenvalue weighted by molar-refractivity contribution is 0.350. The molecule has 0 N–H and O–H groups in total. The zero-order valence-electron chi connectivity index (χ0n) is 6.01. The largest absolute Gasteiger partial charge is 0.302 e. The number of hydrogen-bond acceptors (Lipinski definition) is 2. The van der Waals surface area contributed by atoms with Gasteiger partial charge in [-0.25, -0.2) is 0 Å². The quantitative estimate of drug-likeness (QED) is 0.572. The summed E-state index contributed by atoms with van der Waals surface area (Å²) in [5.41, 5.74) is 0. The third-order valence-corrected chi connectivity index (χ3v) is 2.12. The van der Waals surface area contributed by atoms with E-state index in [1.165, 1.54) is 26.1 Å². The van der Waals surface area contributed by atoms with Gasteiger partial charge in [-0.3, -0.25) is 0 Å². The zero-order chi connectivity index (χ0) is 6.69. The molecule has 1 nitrogen and oxygen atoms in total. The summed E-state index contributed by atoms with van der Waals surface area (Å²) in [6.45, 7) is 6.08. The fourth-order valence-corrected chi connectivity index (χ4v) is 1.65. The third-order valence-electron chi connectivity index (χ3n) is 1.92. The summed E-state index contributed by atoms with van der Waals surface area (Å²) in [7, 11) is 0. The second-order valence-corrected chi connectivity index (χ2v) is 3.37. The highest BCUT2D eigenvalue weighted by atomic mass is 32.1. The van der Waals surface area contributed by atoms with Crippen molar-refractivity contribution in [1.82, 2.24) is 4.90 Å². The van der Waals surface area contributed by atoms with Gasteiger partial charge in [0.1, 0.15) is 0 Å². The molecule has 0 bridgehead atoms. The Balaban J connectivity index is 2.14. The number of hydrogen-bond donors (Lipinski definition) is 1. The van der Waals surface area contributed by atoms with Gasteiger partial charge >= 0.3 is 0 Å². The Morgan fingerprint density at radius 3 is 2.89 bits per heavy atom. The van der Waals surface area contributed by atoms with E-state index in [9.17, 15) is 0 Å². The van der Waals surface area contributed by atoms with Crippen LogP contribution in [0.3, 0.4) is 0 Å². The number of likely N-dealkylation sites (tertiary alicyclic amines) is 1. The van der Waals surface area contributed by atoms with Gasteiger partial charge in [0.2, 0.25) is 0 Å². The first-order valence-corrected chi connectivity index (χ1v) is 4.29. The predicted molar refractivity (Wildman–Crippen MR) is 44.1 cm³/mol. The normalized spacial score (nSPS) is 29.3. The van der Waals surface area contributed by atoms with Crippen molar-refractivity contribution in [3.05, 3.63) is 0 Å². The van der Waals surface area contributed by atoms with Crippen LogP contribution in [0.15, 0.2) is 0 Å². The lowest BCUT2D eigenvalue weighted by atomic mass is 10.2. The molecule has 1 rings (SSSR count). The van der Waals surface area contributed by atoms with Crippen LogP contribution in [-0.2, 0) is 0 Å². The topological polar surface area (TPSA) is 3.24 Å². The molecule has 54 valence electrons. The molecule has 0 radical (unpaired) electrons. The summed E-state index contributed by atoms with van der Waals surface area (Å²) in [5.74, 6) is 1.93. The minimum atomic E-state index is 0.921. The molecule has 1 saturated heterocycles. The molecule has 2 heteroatoms. The van der Waals surface area contributed by atoms with Gasteiger partial charge in [-0.2, -0.15) is 12.6 Å². The van der Waals surface area contributed by atoms with Gasteiger partial charge in [-0.15, -0.1) is 0 Å². The van der Waals surface area contributed by atoms with Crippen molar-refractivity contribution >= 4 is 12.6 Å². The summed E-state index contributed by atoms with van der Waals surface area (Å²) in [4.78, 5) is 2.48. The van der Waals surface area contributed by atoms with Crippen molar-refractivity contribution < 1.29 is 0 Å². The van der Waals surface area contributed by atoms with Crippen LogP contribution in [0.1, 0.15) is 13.3 Å². The van der Waals surface area contributed by atoms with Crippen LogP contribution in [0.4, 0.5) is 0 Å². The van der Waals surface area contributed by atoms with E-state index in [1.54, 1.807) is 0 Å². The van der Waals surface area contributed by atoms with Crippen molar-refractivity contribution in [2.45, 2.75) is 13.3 Å².